The highest BCUT2D eigenvalue weighted by Gasteiger charge is 2.15. The van der Waals surface area contributed by atoms with Gasteiger partial charge in [-0.25, -0.2) is 9.97 Å². The summed E-state index contributed by atoms with van der Waals surface area (Å²) in [5.74, 6) is 0. The third-order valence-corrected chi connectivity index (χ3v) is 5.28. The zero-order valence-corrected chi connectivity index (χ0v) is 20.8. The standard InChI is InChI=1S/C18H22N4OS.C4H8O.C2H6/c1-7-8-12(2)22-11-20-14(4)16(18(22)23)24-17-13(3)15(21(5)6)9-10-19-17;1-2-3-4-5;1-2/h7-11H,1H2,2-6H3;2-3,5H,4H2,1H3;1-2H3/b12-8+;3-2-;. The zero-order chi connectivity index (χ0) is 24.0. The van der Waals surface area contributed by atoms with Crippen LogP contribution in [0, 0.1) is 13.8 Å². The van der Waals surface area contributed by atoms with Gasteiger partial charge in [0.25, 0.3) is 5.56 Å². The smallest absolute Gasteiger partial charge is 0.271 e. The molecule has 2 aromatic heterocycles. The Kier molecular flexibility index (Phi) is 13.9. The molecule has 2 rings (SSSR count). The van der Waals surface area contributed by atoms with Gasteiger partial charge in [0.05, 0.1) is 12.3 Å². The molecular weight excluding hydrogens is 408 g/mol. The highest BCUT2D eigenvalue weighted by atomic mass is 32.2. The lowest BCUT2D eigenvalue weighted by atomic mass is 10.2. The van der Waals surface area contributed by atoms with E-state index in [0.717, 1.165) is 22.0 Å². The maximum Gasteiger partial charge on any atom is 0.271 e. The predicted octanol–water partition coefficient (Wildman–Crippen LogP) is 5.10. The molecule has 31 heavy (non-hydrogen) atoms. The van der Waals surface area contributed by atoms with Crippen molar-refractivity contribution in [3.8, 4) is 0 Å². The van der Waals surface area contributed by atoms with E-state index in [9.17, 15) is 4.79 Å². The van der Waals surface area contributed by atoms with Gasteiger partial charge in [-0.2, -0.15) is 0 Å². The zero-order valence-electron chi connectivity index (χ0n) is 20.0. The average molecular weight is 445 g/mol. The Morgan fingerprint density at radius 2 is 1.94 bits per heavy atom. The molecule has 0 spiro atoms. The van der Waals surface area contributed by atoms with Crippen LogP contribution in [-0.4, -0.2) is 40.3 Å². The molecular formula is C24H36N4O2S. The van der Waals surface area contributed by atoms with E-state index >= 15 is 0 Å². The van der Waals surface area contributed by atoms with Gasteiger partial charge < -0.3 is 10.0 Å². The largest absolute Gasteiger partial charge is 0.392 e. The molecule has 0 atom stereocenters. The summed E-state index contributed by atoms with van der Waals surface area (Å²) in [4.78, 5) is 24.2. The van der Waals surface area contributed by atoms with Crippen molar-refractivity contribution in [1.29, 1.82) is 0 Å². The summed E-state index contributed by atoms with van der Waals surface area (Å²) in [6.07, 6.45) is 10.2. The van der Waals surface area contributed by atoms with E-state index < -0.39 is 0 Å². The Morgan fingerprint density at radius 1 is 1.29 bits per heavy atom. The molecule has 1 N–H and O–H groups in total. The first kappa shape index (κ1) is 28.4. The fourth-order valence-electron chi connectivity index (χ4n) is 2.44. The topological polar surface area (TPSA) is 71.2 Å². The number of aliphatic hydroxyl groups excluding tert-OH is 1. The van der Waals surface area contributed by atoms with Crippen LogP contribution in [0.1, 0.15) is 39.0 Å². The van der Waals surface area contributed by atoms with E-state index in [2.05, 4.69) is 16.5 Å². The van der Waals surface area contributed by atoms with Crippen molar-refractivity contribution in [1.82, 2.24) is 14.5 Å². The van der Waals surface area contributed by atoms with E-state index in [1.807, 2.05) is 66.6 Å². The van der Waals surface area contributed by atoms with Crippen LogP contribution >= 0.6 is 11.8 Å². The molecule has 0 aliphatic rings. The molecule has 0 saturated heterocycles. The summed E-state index contributed by atoms with van der Waals surface area (Å²) < 4.78 is 1.53. The monoisotopic (exact) mass is 444 g/mol. The van der Waals surface area contributed by atoms with E-state index in [4.69, 9.17) is 5.11 Å². The summed E-state index contributed by atoms with van der Waals surface area (Å²) in [6.45, 7) is 15.4. The van der Waals surface area contributed by atoms with Crippen LogP contribution in [0.15, 0.2) is 64.2 Å². The van der Waals surface area contributed by atoms with Crippen LogP contribution < -0.4 is 10.5 Å². The number of nitrogens with zero attached hydrogens (tertiary/aromatic N) is 4. The molecule has 0 radical (unpaired) electrons. The first-order valence-electron chi connectivity index (χ1n) is 10.2. The number of anilines is 1. The SMILES string of the molecule is C/C=C\CO.C=C/C=C(\C)n1cnc(C)c(Sc2nccc(N(C)C)c2C)c1=O.CC. The normalized spacial score (nSPS) is 10.7. The molecule has 0 aliphatic heterocycles. The van der Waals surface area contributed by atoms with Crippen LogP contribution in [0.2, 0.25) is 0 Å². The molecule has 170 valence electrons. The lowest BCUT2D eigenvalue weighted by Crippen LogP contribution is -2.22. The fourth-order valence-corrected chi connectivity index (χ4v) is 3.39. The van der Waals surface area contributed by atoms with E-state index in [-0.39, 0.29) is 12.2 Å². The predicted molar refractivity (Wildman–Crippen MR) is 134 cm³/mol. The lowest BCUT2D eigenvalue weighted by Gasteiger charge is -2.17. The van der Waals surface area contributed by atoms with Crippen LogP contribution in [-0.2, 0) is 0 Å². The van der Waals surface area contributed by atoms with Gasteiger partial charge in [-0.15, -0.1) is 0 Å². The van der Waals surface area contributed by atoms with Crippen LogP contribution in [0.5, 0.6) is 0 Å². The van der Waals surface area contributed by atoms with E-state index in [1.54, 1.807) is 36.8 Å². The third-order valence-electron chi connectivity index (χ3n) is 4.00. The molecule has 0 unspecified atom stereocenters. The molecule has 6 nitrogen and oxygen atoms in total. The second-order valence-corrected chi connectivity index (χ2v) is 7.39. The highest BCUT2D eigenvalue weighted by Crippen LogP contribution is 2.31. The molecule has 0 amide bonds. The average Bonchev–Trinajstić information content (AvgIpc) is 2.74. The highest BCUT2D eigenvalue weighted by molar-refractivity contribution is 7.99. The second kappa shape index (κ2) is 15.2. The Hall–Kier alpha value is -2.64. The number of aromatic nitrogens is 3. The van der Waals surface area contributed by atoms with Crippen molar-refractivity contribution in [2.24, 2.45) is 0 Å². The number of aryl methyl sites for hydroxylation is 1. The van der Waals surface area contributed by atoms with E-state index in [0.29, 0.717) is 10.6 Å². The molecule has 2 heterocycles. The van der Waals surface area contributed by atoms with Crippen molar-refractivity contribution >= 4 is 23.1 Å². The minimum Gasteiger partial charge on any atom is -0.392 e. The molecule has 0 bridgehead atoms. The quantitative estimate of drug-likeness (QED) is 0.494. The van der Waals surface area contributed by atoms with Gasteiger partial charge >= 0.3 is 0 Å². The molecule has 0 aromatic carbocycles. The lowest BCUT2D eigenvalue weighted by molar-refractivity contribution is 0.342. The maximum atomic E-state index is 12.8. The van der Waals surface area contributed by atoms with Gasteiger partial charge in [-0.1, -0.05) is 50.4 Å². The third kappa shape index (κ3) is 8.55. The van der Waals surface area contributed by atoms with Crippen LogP contribution in [0.3, 0.4) is 0 Å². The summed E-state index contributed by atoms with van der Waals surface area (Å²) in [7, 11) is 3.98. The van der Waals surface area contributed by atoms with E-state index in [1.165, 1.54) is 16.3 Å². The van der Waals surface area contributed by atoms with Crippen molar-refractivity contribution in [3.63, 3.8) is 0 Å². The number of hydrogen-bond donors (Lipinski definition) is 1. The van der Waals surface area contributed by atoms with Gasteiger partial charge in [-0.05, 0) is 39.8 Å². The van der Waals surface area contributed by atoms with Crippen molar-refractivity contribution in [2.45, 2.75) is 51.5 Å². The van der Waals surface area contributed by atoms with Gasteiger partial charge in [0.1, 0.15) is 16.2 Å². The van der Waals surface area contributed by atoms with Gasteiger partial charge in [0, 0.05) is 37.2 Å². The fraction of sp³-hybridized carbons (Fsp3) is 0.375. The first-order chi connectivity index (χ1) is 14.8. The second-order valence-electron chi connectivity index (χ2n) is 6.39. The molecule has 0 saturated carbocycles. The maximum absolute atomic E-state index is 12.8. The first-order valence-corrected chi connectivity index (χ1v) is 11.0. The Labute approximate surface area is 191 Å². The number of pyridine rings is 1. The van der Waals surface area contributed by atoms with Gasteiger partial charge in [0.2, 0.25) is 0 Å². The van der Waals surface area contributed by atoms with Gasteiger partial charge in [0.15, 0.2) is 0 Å². The minimum atomic E-state index is -0.0976. The van der Waals surface area contributed by atoms with Crippen molar-refractivity contribution < 1.29 is 5.11 Å². The number of rotatable bonds is 6. The number of hydrogen-bond acceptors (Lipinski definition) is 6. The molecule has 2 aromatic rings. The molecule has 0 aliphatic carbocycles. The van der Waals surface area contributed by atoms with Crippen molar-refractivity contribution in [3.05, 3.63) is 71.1 Å². The van der Waals surface area contributed by atoms with Crippen LogP contribution in [0.25, 0.3) is 5.70 Å². The Morgan fingerprint density at radius 3 is 2.42 bits per heavy atom. The summed E-state index contributed by atoms with van der Waals surface area (Å²) in [5, 5.41) is 8.79. The summed E-state index contributed by atoms with van der Waals surface area (Å²) >= 11 is 1.36. The number of aliphatic hydroxyl groups is 1. The summed E-state index contributed by atoms with van der Waals surface area (Å²) in [6, 6.07) is 1.96. The number of allylic oxidation sites excluding steroid dienone is 4. The van der Waals surface area contributed by atoms with Gasteiger partial charge in [-0.3, -0.25) is 9.36 Å². The molecule has 7 heteroatoms. The van der Waals surface area contributed by atoms with Crippen LogP contribution in [0.4, 0.5) is 5.69 Å². The van der Waals surface area contributed by atoms with Crippen molar-refractivity contribution in [2.75, 3.05) is 25.6 Å². The minimum absolute atomic E-state index is 0.0976. The summed E-state index contributed by atoms with van der Waals surface area (Å²) in [5.41, 5.74) is 3.50. The Bertz CT molecular complexity index is 947. The molecule has 0 fully saturated rings. The Balaban J connectivity index is 0.00000113.